The summed E-state index contributed by atoms with van der Waals surface area (Å²) >= 11 is 3.46. The van der Waals surface area contributed by atoms with E-state index in [-0.39, 0.29) is 6.04 Å². The van der Waals surface area contributed by atoms with Crippen LogP contribution >= 0.6 is 15.9 Å². The maximum atomic E-state index is 6.26. The number of rotatable bonds is 2. The summed E-state index contributed by atoms with van der Waals surface area (Å²) in [5.74, 6) is 0.789. The van der Waals surface area contributed by atoms with Crippen molar-refractivity contribution < 1.29 is 4.42 Å². The third-order valence-corrected chi connectivity index (χ3v) is 3.73. The van der Waals surface area contributed by atoms with Gasteiger partial charge in [-0.15, -0.1) is 0 Å². The summed E-state index contributed by atoms with van der Waals surface area (Å²) < 4.78 is 6.86. The predicted molar refractivity (Wildman–Crippen MR) is 81.1 cm³/mol. The number of halogens is 1. The molecule has 1 atom stereocenters. The van der Waals surface area contributed by atoms with Gasteiger partial charge in [0, 0.05) is 9.86 Å². The first-order valence-electron chi connectivity index (χ1n) is 6.14. The average molecular weight is 316 g/mol. The lowest BCUT2D eigenvalue weighted by atomic mass is 10.0. The van der Waals surface area contributed by atoms with E-state index in [1.165, 1.54) is 5.56 Å². The molecule has 2 aromatic carbocycles. The Bertz CT molecular complexity index is 715. The highest BCUT2D eigenvalue weighted by molar-refractivity contribution is 9.10. The molecule has 0 aliphatic heterocycles. The van der Waals surface area contributed by atoms with E-state index < -0.39 is 0 Å². The van der Waals surface area contributed by atoms with Crippen molar-refractivity contribution >= 4 is 26.9 Å². The molecule has 3 aromatic rings. The number of hydrogen-bond donors (Lipinski definition) is 1. The minimum Gasteiger partial charge on any atom is -0.459 e. The van der Waals surface area contributed by atoms with Crippen LogP contribution in [0.5, 0.6) is 0 Å². The molecule has 1 unspecified atom stereocenters. The Kier molecular flexibility index (Phi) is 3.17. The quantitative estimate of drug-likeness (QED) is 0.753. The molecule has 2 nitrogen and oxygen atoms in total. The van der Waals surface area contributed by atoms with E-state index in [1.54, 1.807) is 0 Å². The van der Waals surface area contributed by atoms with Crippen LogP contribution in [0, 0.1) is 6.92 Å². The molecule has 96 valence electrons. The van der Waals surface area contributed by atoms with E-state index in [2.05, 4.69) is 35.0 Å². The minimum atomic E-state index is -0.230. The average Bonchev–Trinajstić information content (AvgIpc) is 2.81. The lowest BCUT2D eigenvalue weighted by Crippen LogP contribution is -2.10. The van der Waals surface area contributed by atoms with Crippen molar-refractivity contribution in [1.82, 2.24) is 0 Å². The maximum absolute atomic E-state index is 6.26. The maximum Gasteiger partial charge on any atom is 0.134 e. The van der Waals surface area contributed by atoms with Crippen molar-refractivity contribution in [1.29, 1.82) is 0 Å². The fourth-order valence-corrected chi connectivity index (χ4v) is 2.50. The number of fused-ring (bicyclic) bond motifs is 1. The number of furan rings is 1. The van der Waals surface area contributed by atoms with Crippen LogP contribution in [0.2, 0.25) is 0 Å². The standard InChI is InChI=1S/C16H14BrNO/c1-10-2-4-11(5-3-10)16(18)15-9-12-8-13(17)6-7-14(12)19-15/h2-9,16H,18H2,1H3. The number of nitrogens with two attached hydrogens (primary N) is 1. The van der Waals surface area contributed by atoms with Crippen LogP contribution in [-0.4, -0.2) is 0 Å². The molecule has 0 radical (unpaired) electrons. The third kappa shape index (κ3) is 2.44. The summed E-state index contributed by atoms with van der Waals surface area (Å²) in [4.78, 5) is 0. The molecular formula is C16H14BrNO. The van der Waals surface area contributed by atoms with E-state index in [4.69, 9.17) is 10.2 Å². The molecule has 0 saturated heterocycles. The van der Waals surface area contributed by atoms with Crippen molar-refractivity contribution in [3.63, 3.8) is 0 Å². The summed E-state index contributed by atoms with van der Waals surface area (Å²) in [5, 5.41) is 1.06. The van der Waals surface area contributed by atoms with Crippen molar-refractivity contribution in [3.8, 4) is 0 Å². The normalized spacial score (nSPS) is 12.8. The zero-order chi connectivity index (χ0) is 13.4. The summed E-state index contributed by atoms with van der Waals surface area (Å²) in [6.07, 6.45) is 0. The first-order valence-corrected chi connectivity index (χ1v) is 6.94. The molecule has 0 aliphatic rings. The van der Waals surface area contributed by atoms with Crippen LogP contribution < -0.4 is 5.73 Å². The molecular weight excluding hydrogens is 302 g/mol. The molecule has 0 fully saturated rings. The van der Waals surface area contributed by atoms with Gasteiger partial charge in [0.1, 0.15) is 11.3 Å². The smallest absolute Gasteiger partial charge is 0.134 e. The van der Waals surface area contributed by atoms with Crippen LogP contribution in [0.1, 0.15) is 22.9 Å². The Morgan fingerprint density at radius 1 is 1.05 bits per heavy atom. The summed E-state index contributed by atoms with van der Waals surface area (Å²) in [5.41, 5.74) is 9.41. The van der Waals surface area contributed by atoms with Gasteiger partial charge in [0.15, 0.2) is 0 Å². The van der Waals surface area contributed by atoms with Crippen LogP contribution in [0.3, 0.4) is 0 Å². The van der Waals surface area contributed by atoms with Gasteiger partial charge in [-0.1, -0.05) is 45.8 Å². The van der Waals surface area contributed by atoms with Gasteiger partial charge in [0.05, 0.1) is 6.04 Å². The molecule has 0 amide bonds. The molecule has 0 aliphatic carbocycles. The first-order chi connectivity index (χ1) is 9.13. The molecule has 3 rings (SSSR count). The van der Waals surface area contributed by atoms with Crippen LogP contribution in [0.4, 0.5) is 0 Å². The van der Waals surface area contributed by atoms with E-state index in [1.807, 2.05) is 36.4 Å². The highest BCUT2D eigenvalue weighted by atomic mass is 79.9. The van der Waals surface area contributed by atoms with Crippen molar-refractivity contribution in [3.05, 3.63) is 69.9 Å². The lowest BCUT2D eigenvalue weighted by Gasteiger charge is -2.08. The van der Waals surface area contributed by atoms with Crippen molar-refractivity contribution in [2.24, 2.45) is 5.73 Å². The summed E-state index contributed by atoms with van der Waals surface area (Å²) in [7, 11) is 0. The van der Waals surface area contributed by atoms with Crippen LogP contribution in [0.25, 0.3) is 11.0 Å². The Balaban J connectivity index is 2.01. The number of benzene rings is 2. The van der Waals surface area contributed by atoms with Gasteiger partial charge in [-0.2, -0.15) is 0 Å². The molecule has 0 spiro atoms. The molecule has 3 heteroatoms. The molecule has 2 N–H and O–H groups in total. The van der Waals surface area contributed by atoms with Crippen molar-refractivity contribution in [2.75, 3.05) is 0 Å². The summed E-state index contributed by atoms with van der Waals surface area (Å²) in [6.45, 7) is 2.06. The Morgan fingerprint density at radius 3 is 2.53 bits per heavy atom. The monoisotopic (exact) mass is 315 g/mol. The second-order valence-corrected chi connectivity index (χ2v) is 5.63. The van der Waals surface area contributed by atoms with E-state index in [0.717, 1.165) is 26.8 Å². The largest absolute Gasteiger partial charge is 0.459 e. The Hall–Kier alpha value is -1.58. The number of hydrogen-bond acceptors (Lipinski definition) is 2. The van der Waals surface area contributed by atoms with E-state index in [0.29, 0.717) is 0 Å². The molecule has 19 heavy (non-hydrogen) atoms. The van der Waals surface area contributed by atoms with Crippen LogP contribution in [-0.2, 0) is 0 Å². The van der Waals surface area contributed by atoms with Crippen molar-refractivity contribution in [2.45, 2.75) is 13.0 Å². The van der Waals surface area contributed by atoms with Gasteiger partial charge in [-0.25, -0.2) is 0 Å². The molecule has 0 saturated carbocycles. The van der Waals surface area contributed by atoms with Gasteiger partial charge < -0.3 is 10.2 Å². The topological polar surface area (TPSA) is 39.2 Å². The summed E-state index contributed by atoms with van der Waals surface area (Å²) in [6, 6.07) is 15.9. The fraction of sp³-hybridized carbons (Fsp3) is 0.125. The van der Waals surface area contributed by atoms with Crippen LogP contribution in [0.15, 0.2) is 57.4 Å². The highest BCUT2D eigenvalue weighted by Crippen LogP contribution is 2.28. The second-order valence-electron chi connectivity index (χ2n) is 4.72. The predicted octanol–water partition coefficient (Wildman–Crippen LogP) is 4.55. The van der Waals surface area contributed by atoms with Gasteiger partial charge in [-0.3, -0.25) is 0 Å². The first kappa shape index (κ1) is 12.5. The highest BCUT2D eigenvalue weighted by Gasteiger charge is 2.14. The minimum absolute atomic E-state index is 0.230. The van der Waals surface area contributed by atoms with Gasteiger partial charge in [0.2, 0.25) is 0 Å². The molecule has 0 bridgehead atoms. The molecule has 1 heterocycles. The van der Waals surface area contributed by atoms with E-state index >= 15 is 0 Å². The SMILES string of the molecule is Cc1ccc(C(N)c2cc3cc(Br)ccc3o2)cc1. The number of aryl methyl sites for hydroxylation is 1. The van der Waals surface area contributed by atoms with Gasteiger partial charge in [0.25, 0.3) is 0 Å². The Labute approximate surface area is 120 Å². The third-order valence-electron chi connectivity index (χ3n) is 3.24. The fourth-order valence-electron chi connectivity index (χ4n) is 2.13. The zero-order valence-electron chi connectivity index (χ0n) is 10.6. The zero-order valence-corrected chi connectivity index (χ0v) is 12.1. The van der Waals surface area contributed by atoms with Gasteiger partial charge >= 0.3 is 0 Å². The lowest BCUT2D eigenvalue weighted by molar-refractivity contribution is 0.525. The Morgan fingerprint density at radius 2 is 1.79 bits per heavy atom. The molecule has 1 aromatic heterocycles. The van der Waals surface area contributed by atoms with Gasteiger partial charge in [-0.05, 0) is 36.8 Å². The van der Waals surface area contributed by atoms with E-state index in [9.17, 15) is 0 Å². The second kappa shape index (κ2) is 4.83.